The second-order valence-corrected chi connectivity index (χ2v) is 6.08. The molecule has 2 aliphatic rings. The Morgan fingerprint density at radius 1 is 1.11 bits per heavy atom. The fourth-order valence-corrected chi connectivity index (χ4v) is 3.30. The molecule has 0 aromatic rings. The van der Waals surface area contributed by atoms with E-state index in [1.807, 2.05) is 4.90 Å². The van der Waals surface area contributed by atoms with E-state index < -0.39 is 0 Å². The number of nitrogens with one attached hydrogen (secondary N) is 1. The molecule has 2 rings (SSSR count). The van der Waals surface area contributed by atoms with Crippen molar-refractivity contribution >= 4 is 5.91 Å². The van der Waals surface area contributed by atoms with E-state index in [1.165, 1.54) is 38.5 Å². The number of nitrogens with two attached hydrogens (primary N) is 1. The van der Waals surface area contributed by atoms with Gasteiger partial charge in [0.1, 0.15) is 0 Å². The molecule has 0 aromatic heterocycles. The third-order valence-corrected chi connectivity index (χ3v) is 4.49. The molecule has 0 bridgehead atoms. The quantitative estimate of drug-likeness (QED) is 0.745. The van der Waals surface area contributed by atoms with Gasteiger partial charge in [-0.2, -0.15) is 0 Å². The maximum absolute atomic E-state index is 12.2. The average Bonchev–Trinajstić information content (AvgIpc) is 2.84. The van der Waals surface area contributed by atoms with Crippen LogP contribution in [0.4, 0.5) is 0 Å². The Morgan fingerprint density at radius 2 is 1.74 bits per heavy atom. The van der Waals surface area contributed by atoms with Crippen LogP contribution in [0.5, 0.6) is 0 Å². The summed E-state index contributed by atoms with van der Waals surface area (Å²) >= 11 is 0. The second kappa shape index (κ2) is 7.85. The number of rotatable bonds is 5. The van der Waals surface area contributed by atoms with Crippen molar-refractivity contribution in [2.45, 2.75) is 69.9 Å². The van der Waals surface area contributed by atoms with Gasteiger partial charge in [0, 0.05) is 38.1 Å². The summed E-state index contributed by atoms with van der Waals surface area (Å²) in [5.41, 5.74) is 5.84. The van der Waals surface area contributed by atoms with Crippen LogP contribution in [0.15, 0.2) is 0 Å². The Hall–Kier alpha value is -0.610. The molecule has 1 heterocycles. The summed E-state index contributed by atoms with van der Waals surface area (Å²) in [7, 11) is 0. The molecule has 0 radical (unpaired) electrons. The van der Waals surface area contributed by atoms with E-state index in [0.717, 1.165) is 25.9 Å². The van der Waals surface area contributed by atoms with Crippen LogP contribution in [0.25, 0.3) is 0 Å². The first-order chi connectivity index (χ1) is 9.29. The van der Waals surface area contributed by atoms with Crippen molar-refractivity contribution in [3.8, 4) is 0 Å². The lowest BCUT2D eigenvalue weighted by Gasteiger charge is -2.25. The van der Waals surface area contributed by atoms with Crippen molar-refractivity contribution in [3.63, 3.8) is 0 Å². The first-order valence-electron chi connectivity index (χ1n) is 8.03. The van der Waals surface area contributed by atoms with Crippen LogP contribution in [0.1, 0.15) is 57.8 Å². The van der Waals surface area contributed by atoms with E-state index in [9.17, 15) is 4.79 Å². The minimum atomic E-state index is 0.163. The van der Waals surface area contributed by atoms with Crippen LogP contribution in [-0.2, 0) is 4.79 Å². The van der Waals surface area contributed by atoms with Gasteiger partial charge in [0.25, 0.3) is 0 Å². The number of nitrogens with zero attached hydrogens (tertiary/aromatic N) is 1. The molecule has 1 atom stereocenters. The Morgan fingerprint density at radius 3 is 2.32 bits per heavy atom. The largest absolute Gasteiger partial charge is 0.343 e. The van der Waals surface area contributed by atoms with Gasteiger partial charge in [-0.15, -0.1) is 0 Å². The number of carbonyl (C=O) groups is 1. The van der Waals surface area contributed by atoms with Gasteiger partial charge in [-0.1, -0.05) is 25.7 Å². The van der Waals surface area contributed by atoms with Crippen LogP contribution >= 0.6 is 0 Å². The molecule has 1 aliphatic carbocycles. The Bertz CT molecular complexity index is 269. The average molecular weight is 267 g/mol. The fourth-order valence-electron chi connectivity index (χ4n) is 3.30. The second-order valence-electron chi connectivity index (χ2n) is 6.08. The van der Waals surface area contributed by atoms with Crippen molar-refractivity contribution in [3.05, 3.63) is 0 Å². The van der Waals surface area contributed by atoms with Crippen molar-refractivity contribution in [2.24, 2.45) is 5.73 Å². The Labute approximate surface area is 117 Å². The SMILES string of the molecule is NCC(CC(=O)N1CCCC1)NC1CCCCCC1. The monoisotopic (exact) mass is 267 g/mol. The number of carbonyl (C=O) groups excluding carboxylic acids is 1. The van der Waals surface area contributed by atoms with Gasteiger partial charge in [-0.3, -0.25) is 4.79 Å². The summed E-state index contributed by atoms with van der Waals surface area (Å²) in [6.45, 7) is 2.45. The molecule has 0 spiro atoms. The number of hydrogen-bond donors (Lipinski definition) is 2. The van der Waals surface area contributed by atoms with Crippen molar-refractivity contribution in [1.29, 1.82) is 0 Å². The molecule has 0 aromatic carbocycles. The molecular weight excluding hydrogens is 238 g/mol. The van der Waals surface area contributed by atoms with Gasteiger partial charge in [0.05, 0.1) is 0 Å². The van der Waals surface area contributed by atoms with Gasteiger partial charge in [-0.05, 0) is 25.7 Å². The van der Waals surface area contributed by atoms with Crippen molar-refractivity contribution in [1.82, 2.24) is 10.2 Å². The highest BCUT2D eigenvalue weighted by Crippen LogP contribution is 2.18. The van der Waals surface area contributed by atoms with Crippen LogP contribution in [-0.4, -0.2) is 42.5 Å². The lowest BCUT2D eigenvalue weighted by molar-refractivity contribution is -0.130. The predicted molar refractivity (Wildman–Crippen MR) is 77.9 cm³/mol. The zero-order chi connectivity index (χ0) is 13.5. The van der Waals surface area contributed by atoms with Gasteiger partial charge in [0.2, 0.25) is 5.91 Å². The molecule has 2 fully saturated rings. The number of likely N-dealkylation sites (tertiary alicyclic amines) is 1. The molecule has 4 nitrogen and oxygen atoms in total. The minimum absolute atomic E-state index is 0.163. The molecule has 1 aliphatic heterocycles. The standard InChI is InChI=1S/C15H29N3O/c16-12-14(11-15(19)18-9-5-6-10-18)17-13-7-3-1-2-4-8-13/h13-14,17H,1-12,16H2. The Kier molecular flexibility index (Phi) is 6.11. The lowest BCUT2D eigenvalue weighted by Crippen LogP contribution is -2.45. The highest BCUT2D eigenvalue weighted by molar-refractivity contribution is 5.77. The van der Waals surface area contributed by atoms with Crippen LogP contribution < -0.4 is 11.1 Å². The van der Waals surface area contributed by atoms with E-state index >= 15 is 0 Å². The molecule has 1 saturated carbocycles. The lowest BCUT2D eigenvalue weighted by atomic mass is 10.1. The van der Waals surface area contributed by atoms with Crippen molar-refractivity contribution < 1.29 is 4.79 Å². The smallest absolute Gasteiger partial charge is 0.224 e. The third-order valence-electron chi connectivity index (χ3n) is 4.49. The van der Waals surface area contributed by atoms with Crippen LogP contribution in [0.3, 0.4) is 0 Å². The van der Waals surface area contributed by atoms with Crippen LogP contribution in [0, 0.1) is 0 Å². The normalized spacial score (nSPS) is 23.3. The highest BCUT2D eigenvalue weighted by Gasteiger charge is 2.23. The van der Waals surface area contributed by atoms with E-state index in [4.69, 9.17) is 5.73 Å². The van der Waals surface area contributed by atoms with Gasteiger partial charge in [-0.25, -0.2) is 0 Å². The first kappa shape index (κ1) is 14.8. The predicted octanol–water partition coefficient (Wildman–Crippen LogP) is 1.64. The van der Waals surface area contributed by atoms with E-state index in [2.05, 4.69) is 5.32 Å². The summed E-state index contributed by atoms with van der Waals surface area (Å²) in [5, 5.41) is 3.63. The molecular formula is C15H29N3O. The van der Waals surface area contributed by atoms with Gasteiger partial charge in [0.15, 0.2) is 0 Å². The summed E-state index contributed by atoms with van der Waals surface area (Å²) in [5.74, 6) is 0.286. The fraction of sp³-hybridized carbons (Fsp3) is 0.933. The minimum Gasteiger partial charge on any atom is -0.343 e. The molecule has 1 unspecified atom stereocenters. The van der Waals surface area contributed by atoms with Gasteiger partial charge < -0.3 is 16.0 Å². The highest BCUT2D eigenvalue weighted by atomic mass is 16.2. The zero-order valence-electron chi connectivity index (χ0n) is 12.1. The maximum atomic E-state index is 12.2. The summed E-state index contributed by atoms with van der Waals surface area (Å²) in [6, 6.07) is 0.735. The van der Waals surface area contributed by atoms with Gasteiger partial charge >= 0.3 is 0 Å². The third kappa shape index (κ3) is 4.77. The summed E-state index contributed by atoms with van der Waals surface area (Å²) in [4.78, 5) is 14.2. The molecule has 110 valence electrons. The number of amides is 1. The molecule has 1 saturated heterocycles. The maximum Gasteiger partial charge on any atom is 0.224 e. The topological polar surface area (TPSA) is 58.4 Å². The van der Waals surface area contributed by atoms with E-state index in [0.29, 0.717) is 19.0 Å². The first-order valence-corrected chi connectivity index (χ1v) is 8.03. The molecule has 19 heavy (non-hydrogen) atoms. The summed E-state index contributed by atoms with van der Waals surface area (Å²) < 4.78 is 0. The molecule has 3 N–H and O–H groups in total. The molecule has 1 amide bonds. The Balaban J connectivity index is 1.76. The van der Waals surface area contributed by atoms with E-state index in [1.54, 1.807) is 0 Å². The van der Waals surface area contributed by atoms with E-state index in [-0.39, 0.29) is 11.9 Å². The zero-order valence-corrected chi connectivity index (χ0v) is 12.1. The van der Waals surface area contributed by atoms with Crippen LogP contribution in [0.2, 0.25) is 0 Å². The van der Waals surface area contributed by atoms with Crippen molar-refractivity contribution in [2.75, 3.05) is 19.6 Å². The number of hydrogen-bond acceptors (Lipinski definition) is 3. The molecule has 4 heteroatoms. The summed E-state index contributed by atoms with van der Waals surface area (Å²) in [6.07, 6.45) is 10.7.